The van der Waals surface area contributed by atoms with E-state index in [1.165, 1.54) is 26.2 Å². The third-order valence-electron chi connectivity index (χ3n) is 4.20. The summed E-state index contributed by atoms with van der Waals surface area (Å²) in [7, 11) is 6.12. The normalized spacial score (nSPS) is 10.5. The Hall–Kier alpha value is -3.26. The van der Waals surface area contributed by atoms with Crippen molar-refractivity contribution in [2.75, 3.05) is 28.4 Å². The highest BCUT2D eigenvalue weighted by Gasteiger charge is 2.21. The molecule has 0 aliphatic heterocycles. The minimum atomic E-state index is -0.268. The van der Waals surface area contributed by atoms with Crippen LogP contribution in [0.2, 0.25) is 5.02 Å². The van der Waals surface area contributed by atoms with Crippen LogP contribution in [0.25, 0.3) is 11.4 Å². The third kappa shape index (κ3) is 4.43. The molecular formula is C20H20ClN3O5. The topological polar surface area (TPSA) is 86.9 Å². The number of methoxy groups -OCH3 is 3. The van der Waals surface area contributed by atoms with Gasteiger partial charge in [-0.05, 0) is 36.4 Å². The number of halogens is 1. The number of carbonyl (C=O) groups is 1. The van der Waals surface area contributed by atoms with Crippen LogP contribution in [0.1, 0.15) is 16.2 Å². The van der Waals surface area contributed by atoms with Crippen molar-refractivity contribution in [3.05, 3.63) is 52.9 Å². The number of nitrogens with zero attached hydrogens (tertiary/aromatic N) is 3. The largest absolute Gasteiger partial charge is 0.493 e. The number of benzene rings is 2. The Morgan fingerprint density at radius 2 is 1.69 bits per heavy atom. The van der Waals surface area contributed by atoms with E-state index in [-0.39, 0.29) is 12.5 Å². The van der Waals surface area contributed by atoms with Gasteiger partial charge in [0.05, 0.1) is 27.9 Å². The van der Waals surface area contributed by atoms with Crippen LogP contribution in [-0.2, 0) is 6.54 Å². The molecule has 152 valence electrons. The van der Waals surface area contributed by atoms with E-state index in [1.807, 2.05) is 0 Å². The first-order chi connectivity index (χ1) is 14.0. The van der Waals surface area contributed by atoms with Crippen molar-refractivity contribution in [1.29, 1.82) is 0 Å². The van der Waals surface area contributed by atoms with Gasteiger partial charge in [0.15, 0.2) is 11.5 Å². The molecule has 0 saturated carbocycles. The maximum absolute atomic E-state index is 12.9. The second-order valence-electron chi connectivity index (χ2n) is 6.09. The SMILES string of the molecule is COc1cc(C(=O)N(C)Cc2nc(-c3ccc(Cl)cc3)no2)cc(OC)c1OC. The number of rotatable bonds is 7. The first kappa shape index (κ1) is 20.5. The van der Waals surface area contributed by atoms with Crippen LogP contribution in [-0.4, -0.2) is 49.3 Å². The molecule has 0 N–H and O–H groups in total. The Bertz CT molecular complexity index is 979. The first-order valence-electron chi connectivity index (χ1n) is 8.60. The molecule has 1 amide bonds. The number of amides is 1. The van der Waals surface area contributed by atoms with E-state index in [0.29, 0.717) is 39.5 Å². The van der Waals surface area contributed by atoms with Crippen LogP contribution in [0.15, 0.2) is 40.9 Å². The fourth-order valence-electron chi connectivity index (χ4n) is 2.73. The van der Waals surface area contributed by atoms with Crippen molar-refractivity contribution in [2.45, 2.75) is 6.54 Å². The Balaban J connectivity index is 1.78. The van der Waals surface area contributed by atoms with Crippen molar-refractivity contribution in [1.82, 2.24) is 15.0 Å². The fraction of sp³-hybridized carbons (Fsp3) is 0.250. The Morgan fingerprint density at radius 1 is 1.07 bits per heavy atom. The van der Waals surface area contributed by atoms with Gasteiger partial charge in [-0.15, -0.1) is 0 Å². The van der Waals surface area contributed by atoms with Gasteiger partial charge in [0.1, 0.15) is 0 Å². The van der Waals surface area contributed by atoms with Gasteiger partial charge in [0.25, 0.3) is 5.91 Å². The summed E-state index contributed by atoms with van der Waals surface area (Å²) in [5, 5.41) is 4.57. The molecule has 0 aliphatic carbocycles. The number of hydrogen-bond donors (Lipinski definition) is 0. The van der Waals surface area contributed by atoms with Gasteiger partial charge in [-0.3, -0.25) is 4.79 Å². The second-order valence-corrected chi connectivity index (χ2v) is 6.53. The molecule has 0 unspecified atom stereocenters. The number of carbonyl (C=O) groups excluding carboxylic acids is 1. The summed E-state index contributed by atoms with van der Waals surface area (Å²) in [6.07, 6.45) is 0. The van der Waals surface area contributed by atoms with Crippen molar-refractivity contribution in [3.8, 4) is 28.6 Å². The standard InChI is InChI=1S/C20H20ClN3O5/c1-24(11-17-22-19(23-29-17)12-5-7-14(21)8-6-12)20(25)13-9-15(26-2)18(28-4)16(10-13)27-3/h5-10H,11H2,1-4H3. The molecule has 29 heavy (non-hydrogen) atoms. The van der Waals surface area contributed by atoms with Gasteiger partial charge in [0, 0.05) is 23.2 Å². The molecule has 0 fully saturated rings. The lowest BCUT2D eigenvalue weighted by Crippen LogP contribution is -2.26. The van der Waals surface area contributed by atoms with E-state index in [4.69, 9.17) is 30.3 Å². The molecule has 0 bridgehead atoms. The van der Waals surface area contributed by atoms with E-state index in [2.05, 4.69) is 10.1 Å². The zero-order valence-electron chi connectivity index (χ0n) is 16.4. The highest BCUT2D eigenvalue weighted by molar-refractivity contribution is 6.30. The Kier molecular flexibility index (Phi) is 6.23. The van der Waals surface area contributed by atoms with Crippen LogP contribution < -0.4 is 14.2 Å². The minimum absolute atomic E-state index is 0.135. The highest BCUT2D eigenvalue weighted by Crippen LogP contribution is 2.38. The lowest BCUT2D eigenvalue weighted by molar-refractivity contribution is 0.0768. The van der Waals surface area contributed by atoms with E-state index < -0.39 is 0 Å². The molecule has 1 aromatic heterocycles. The molecule has 0 radical (unpaired) electrons. The van der Waals surface area contributed by atoms with E-state index in [1.54, 1.807) is 43.4 Å². The molecule has 3 aromatic rings. The van der Waals surface area contributed by atoms with Crippen LogP contribution in [0.5, 0.6) is 17.2 Å². The number of aromatic nitrogens is 2. The van der Waals surface area contributed by atoms with Gasteiger partial charge in [-0.25, -0.2) is 0 Å². The zero-order chi connectivity index (χ0) is 21.0. The third-order valence-corrected chi connectivity index (χ3v) is 4.45. The summed E-state index contributed by atoms with van der Waals surface area (Å²) in [4.78, 5) is 18.7. The van der Waals surface area contributed by atoms with Crippen molar-refractivity contribution >= 4 is 17.5 Å². The molecule has 0 spiro atoms. The summed E-state index contributed by atoms with van der Waals surface area (Å²) in [6, 6.07) is 10.3. The molecule has 0 saturated heterocycles. The summed E-state index contributed by atoms with van der Waals surface area (Å²) in [5.41, 5.74) is 1.14. The summed E-state index contributed by atoms with van der Waals surface area (Å²) >= 11 is 5.89. The van der Waals surface area contributed by atoms with Crippen LogP contribution in [0.3, 0.4) is 0 Å². The average Bonchev–Trinajstić information content (AvgIpc) is 3.20. The van der Waals surface area contributed by atoms with E-state index in [9.17, 15) is 4.79 Å². The average molecular weight is 418 g/mol. The Labute approximate surface area is 172 Å². The summed E-state index contributed by atoms with van der Waals surface area (Å²) in [5.74, 6) is 1.66. The molecule has 9 heteroatoms. The molecule has 2 aromatic carbocycles. The molecule has 3 rings (SSSR count). The number of ether oxygens (including phenoxy) is 3. The zero-order valence-corrected chi connectivity index (χ0v) is 17.2. The quantitative estimate of drug-likeness (QED) is 0.579. The maximum atomic E-state index is 12.9. The van der Waals surface area contributed by atoms with E-state index in [0.717, 1.165) is 5.56 Å². The van der Waals surface area contributed by atoms with Crippen molar-refractivity contribution in [3.63, 3.8) is 0 Å². The van der Waals surface area contributed by atoms with Gasteiger partial charge >= 0.3 is 0 Å². The molecule has 0 atom stereocenters. The monoisotopic (exact) mass is 417 g/mol. The number of hydrogen-bond acceptors (Lipinski definition) is 7. The lowest BCUT2D eigenvalue weighted by atomic mass is 10.1. The highest BCUT2D eigenvalue weighted by atomic mass is 35.5. The summed E-state index contributed by atoms with van der Waals surface area (Å²) < 4.78 is 21.2. The van der Waals surface area contributed by atoms with Crippen LogP contribution in [0.4, 0.5) is 0 Å². The van der Waals surface area contributed by atoms with Gasteiger partial charge in [0.2, 0.25) is 17.5 Å². The predicted octanol–water partition coefficient (Wildman–Crippen LogP) is 3.69. The first-order valence-corrected chi connectivity index (χ1v) is 8.98. The Morgan fingerprint density at radius 3 is 2.24 bits per heavy atom. The molecule has 8 nitrogen and oxygen atoms in total. The predicted molar refractivity (Wildman–Crippen MR) is 107 cm³/mol. The molecule has 0 aliphatic rings. The van der Waals surface area contributed by atoms with Gasteiger partial charge in [-0.2, -0.15) is 4.98 Å². The van der Waals surface area contributed by atoms with Gasteiger partial charge in [-0.1, -0.05) is 16.8 Å². The van der Waals surface area contributed by atoms with Crippen LogP contribution >= 0.6 is 11.6 Å². The molecular weight excluding hydrogens is 398 g/mol. The molecule has 1 heterocycles. The van der Waals surface area contributed by atoms with Crippen molar-refractivity contribution in [2.24, 2.45) is 0 Å². The van der Waals surface area contributed by atoms with Crippen molar-refractivity contribution < 1.29 is 23.5 Å². The maximum Gasteiger partial charge on any atom is 0.254 e. The smallest absolute Gasteiger partial charge is 0.254 e. The summed E-state index contributed by atoms with van der Waals surface area (Å²) in [6.45, 7) is 0.135. The fourth-order valence-corrected chi connectivity index (χ4v) is 2.86. The van der Waals surface area contributed by atoms with E-state index >= 15 is 0 Å². The van der Waals surface area contributed by atoms with Gasteiger partial charge < -0.3 is 23.6 Å². The minimum Gasteiger partial charge on any atom is -0.493 e. The lowest BCUT2D eigenvalue weighted by Gasteiger charge is -2.18. The van der Waals surface area contributed by atoms with Crippen LogP contribution in [0, 0.1) is 0 Å². The second kappa shape index (κ2) is 8.83.